The van der Waals surface area contributed by atoms with Gasteiger partial charge in [-0.05, 0) is 39.0 Å². The minimum atomic E-state index is -0.534. The zero-order valence-corrected chi connectivity index (χ0v) is 17.3. The van der Waals surface area contributed by atoms with Crippen LogP contribution in [0.15, 0.2) is 12.2 Å². The molecule has 0 radical (unpaired) electrons. The second kappa shape index (κ2) is 20.3. The molecule has 0 aliphatic rings. The first kappa shape index (κ1) is 25.0. The number of allylic oxidation sites excluding steroid dienone is 2. The minimum absolute atomic E-state index is 0.242. The molecule has 4 heteroatoms. The summed E-state index contributed by atoms with van der Waals surface area (Å²) >= 11 is 0. The molecule has 0 fully saturated rings. The van der Waals surface area contributed by atoms with Crippen LogP contribution in [0.2, 0.25) is 0 Å². The Bertz CT molecular complexity index is 329. The largest absolute Gasteiger partial charge is 0.450 e. The molecule has 0 spiro atoms. The molecule has 0 heterocycles. The number of aliphatic hydroxyl groups excluding tert-OH is 1. The van der Waals surface area contributed by atoms with Crippen LogP contribution in [0.25, 0.3) is 0 Å². The summed E-state index contributed by atoms with van der Waals surface area (Å²) in [4.78, 5) is 11.3. The molecule has 0 aromatic rings. The van der Waals surface area contributed by atoms with Gasteiger partial charge in [-0.15, -0.1) is 0 Å². The Labute approximate surface area is 161 Å². The van der Waals surface area contributed by atoms with Crippen LogP contribution in [0.4, 0.5) is 4.79 Å². The summed E-state index contributed by atoms with van der Waals surface area (Å²) in [5.41, 5.74) is 0. The van der Waals surface area contributed by atoms with Crippen molar-refractivity contribution in [2.45, 2.75) is 110 Å². The van der Waals surface area contributed by atoms with E-state index >= 15 is 0 Å². The summed E-state index contributed by atoms with van der Waals surface area (Å²) in [6.07, 6.45) is 21.5. The topological polar surface area (TPSA) is 58.6 Å². The van der Waals surface area contributed by atoms with E-state index in [1.54, 1.807) is 6.92 Å². The van der Waals surface area contributed by atoms with Gasteiger partial charge >= 0.3 is 6.09 Å². The van der Waals surface area contributed by atoms with E-state index in [-0.39, 0.29) is 6.54 Å². The first-order chi connectivity index (χ1) is 12.7. The van der Waals surface area contributed by atoms with Gasteiger partial charge < -0.3 is 15.2 Å². The summed E-state index contributed by atoms with van der Waals surface area (Å²) < 4.78 is 5.04. The van der Waals surface area contributed by atoms with Crippen LogP contribution in [-0.2, 0) is 4.74 Å². The van der Waals surface area contributed by atoms with E-state index in [0.29, 0.717) is 6.61 Å². The highest BCUT2D eigenvalue weighted by Gasteiger charge is 2.02. The zero-order chi connectivity index (χ0) is 19.3. The maximum atomic E-state index is 11.3. The molecule has 0 aliphatic carbocycles. The lowest BCUT2D eigenvalue weighted by Crippen LogP contribution is -2.31. The van der Waals surface area contributed by atoms with E-state index < -0.39 is 12.2 Å². The van der Waals surface area contributed by atoms with E-state index in [4.69, 9.17) is 9.84 Å². The van der Waals surface area contributed by atoms with Crippen molar-refractivity contribution < 1.29 is 14.6 Å². The third-order valence-electron chi connectivity index (χ3n) is 4.43. The minimum Gasteiger partial charge on any atom is -0.450 e. The molecule has 4 nitrogen and oxygen atoms in total. The molecule has 0 saturated heterocycles. The van der Waals surface area contributed by atoms with E-state index in [1.807, 2.05) is 0 Å². The number of alkyl carbamates (subject to hydrolysis) is 1. The molecular weight excluding hydrogens is 326 g/mol. The lowest BCUT2D eigenvalue weighted by atomic mass is 10.1. The molecule has 0 saturated carbocycles. The fraction of sp³-hybridized carbons (Fsp3) is 0.864. The molecule has 1 amide bonds. The van der Waals surface area contributed by atoms with E-state index in [1.165, 1.54) is 77.0 Å². The first-order valence-electron chi connectivity index (χ1n) is 10.9. The Morgan fingerprint density at radius 3 is 1.92 bits per heavy atom. The van der Waals surface area contributed by atoms with E-state index in [9.17, 15) is 4.79 Å². The van der Waals surface area contributed by atoms with Crippen LogP contribution < -0.4 is 5.32 Å². The van der Waals surface area contributed by atoms with Gasteiger partial charge in [-0.25, -0.2) is 4.79 Å². The van der Waals surface area contributed by atoms with Crippen molar-refractivity contribution in [3.05, 3.63) is 12.2 Å². The number of hydrogen-bond acceptors (Lipinski definition) is 3. The molecule has 0 aromatic carbocycles. The van der Waals surface area contributed by atoms with Crippen LogP contribution in [0, 0.1) is 0 Å². The lowest BCUT2D eigenvalue weighted by Gasteiger charge is -2.08. The van der Waals surface area contributed by atoms with E-state index in [2.05, 4.69) is 24.4 Å². The highest BCUT2D eigenvalue weighted by molar-refractivity contribution is 5.67. The molecule has 26 heavy (non-hydrogen) atoms. The lowest BCUT2D eigenvalue weighted by molar-refractivity contribution is 0.133. The van der Waals surface area contributed by atoms with Crippen molar-refractivity contribution in [1.29, 1.82) is 0 Å². The van der Waals surface area contributed by atoms with Gasteiger partial charge in [0.15, 0.2) is 0 Å². The third-order valence-corrected chi connectivity index (χ3v) is 4.43. The quantitative estimate of drug-likeness (QED) is 0.226. The Morgan fingerprint density at radius 1 is 0.885 bits per heavy atom. The Hall–Kier alpha value is -1.03. The number of amides is 1. The highest BCUT2D eigenvalue weighted by Crippen LogP contribution is 2.10. The summed E-state index contributed by atoms with van der Waals surface area (Å²) in [6.45, 7) is 4.60. The number of carbonyl (C=O) groups excluding carboxylic acids is 1. The Balaban J connectivity index is 3.17. The molecule has 1 atom stereocenters. The van der Waals surface area contributed by atoms with Crippen molar-refractivity contribution in [3.63, 3.8) is 0 Å². The number of hydrogen-bond donors (Lipinski definition) is 2. The van der Waals surface area contributed by atoms with Crippen molar-refractivity contribution in [2.24, 2.45) is 0 Å². The summed E-state index contributed by atoms with van der Waals surface area (Å²) in [5, 5.41) is 11.6. The number of ether oxygens (including phenoxy) is 1. The Morgan fingerprint density at radius 2 is 1.38 bits per heavy atom. The van der Waals surface area contributed by atoms with Gasteiger partial charge in [0.2, 0.25) is 0 Å². The summed E-state index contributed by atoms with van der Waals surface area (Å²) in [6, 6.07) is 0. The maximum Gasteiger partial charge on any atom is 0.407 e. The average molecular weight is 370 g/mol. The number of unbranched alkanes of at least 4 members (excludes halogenated alkanes) is 12. The third kappa shape index (κ3) is 21.0. The predicted octanol–water partition coefficient (Wildman–Crippen LogP) is 6.13. The van der Waals surface area contributed by atoms with Crippen molar-refractivity contribution in [3.8, 4) is 0 Å². The maximum absolute atomic E-state index is 11.3. The number of aliphatic hydroxyl groups is 1. The van der Waals surface area contributed by atoms with Gasteiger partial charge in [-0.2, -0.15) is 0 Å². The molecule has 0 aliphatic heterocycles. The standard InChI is InChI=1S/C22H43NO3/c1-3-4-5-6-7-8-9-10-11-12-13-14-15-16-17-18-19-26-22(25)23-20-21(2)24/h10-11,21,24H,3-9,12-20H2,1-2H3,(H,23,25)/t21-/m0/s1. The van der Waals surface area contributed by atoms with Crippen molar-refractivity contribution in [2.75, 3.05) is 13.2 Å². The van der Waals surface area contributed by atoms with E-state index in [0.717, 1.165) is 12.8 Å². The van der Waals surface area contributed by atoms with Crippen molar-refractivity contribution >= 4 is 6.09 Å². The van der Waals surface area contributed by atoms with Crippen LogP contribution in [0.3, 0.4) is 0 Å². The molecule has 154 valence electrons. The average Bonchev–Trinajstić information content (AvgIpc) is 2.62. The smallest absolute Gasteiger partial charge is 0.407 e. The van der Waals surface area contributed by atoms with Gasteiger partial charge in [0.1, 0.15) is 0 Å². The fourth-order valence-electron chi connectivity index (χ4n) is 2.80. The normalized spacial score (nSPS) is 12.4. The van der Waals surface area contributed by atoms with Crippen LogP contribution >= 0.6 is 0 Å². The van der Waals surface area contributed by atoms with Crippen LogP contribution in [-0.4, -0.2) is 30.5 Å². The van der Waals surface area contributed by atoms with Crippen LogP contribution in [0.5, 0.6) is 0 Å². The Kier molecular flexibility index (Phi) is 19.5. The van der Waals surface area contributed by atoms with Gasteiger partial charge in [-0.3, -0.25) is 0 Å². The SMILES string of the molecule is CCCCCCCCC=CCCCCCCCCOC(=O)NC[C@H](C)O. The predicted molar refractivity (Wildman–Crippen MR) is 110 cm³/mol. The van der Waals surface area contributed by atoms with Crippen molar-refractivity contribution in [1.82, 2.24) is 5.32 Å². The van der Waals surface area contributed by atoms with Gasteiger partial charge in [-0.1, -0.05) is 76.9 Å². The second-order valence-electron chi connectivity index (χ2n) is 7.30. The molecule has 0 unspecified atom stereocenters. The zero-order valence-electron chi connectivity index (χ0n) is 17.3. The molecule has 0 bridgehead atoms. The summed E-state index contributed by atoms with van der Waals surface area (Å²) in [7, 11) is 0. The van der Waals surface area contributed by atoms with Crippen LogP contribution in [0.1, 0.15) is 104 Å². The molecular formula is C22H43NO3. The second-order valence-corrected chi connectivity index (χ2v) is 7.30. The number of rotatable bonds is 18. The number of nitrogens with one attached hydrogen (secondary N) is 1. The van der Waals surface area contributed by atoms with Gasteiger partial charge in [0, 0.05) is 6.54 Å². The monoisotopic (exact) mass is 369 g/mol. The molecule has 0 aromatic heterocycles. The number of carbonyl (C=O) groups is 1. The fourth-order valence-corrected chi connectivity index (χ4v) is 2.80. The summed E-state index contributed by atoms with van der Waals surface area (Å²) in [5.74, 6) is 0. The molecule has 2 N–H and O–H groups in total. The first-order valence-corrected chi connectivity index (χ1v) is 10.9. The van der Waals surface area contributed by atoms with Gasteiger partial charge in [0.25, 0.3) is 0 Å². The highest BCUT2D eigenvalue weighted by atomic mass is 16.5. The van der Waals surface area contributed by atoms with Gasteiger partial charge in [0.05, 0.1) is 12.7 Å². The molecule has 0 rings (SSSR count).